The van der Waals surface area contributed by atoms with Crippen LogP contribution in [0.1, 0.15) is 47.9 Å². The molecule has 1 heterocycles. The lowest BCUT2D eigenvalue weighted by atomic mass is 9.98. The second-order valence-electron chi connectivity index (χ2n) is 6.59. The van der Waals surface area contributed by atoms with Crippen LogP contribution in [0, 0.1) is 13.8 Å². The van der Waals surface area contributed by atoms with Gasteiger partial charge in [-0.25, -0.2) is 0 Å². The Hall–Kier alpha value is -2.01. The molecule has 134 valence electrons. The van der Waals surface area contributed by atoms with Gasteiger partial charge in [-0.1, -0.05) is 37.1 Å². The molecule has 0 unspecified atom stereocenters. The van der Waals surface area contributed by atoms with Gasteiger partial charge in [0.2, 0.25) is 0 Å². The van der Waals surface area contributed by atoms with E-state index < -0.39 is 10.4 Å². The summed E-state index contributed by atoms with van der Waals surface area (Å²) >= 11 is 0. The molecule has 0 saturated heterocycles. The van der Waals surface area contributed by atoms with Gasteiger partial charge in [0.25, 0.3) is 0 Å². The Morgan fingerprint density at radius 3 is 1.60 bits per heavy atom. The number of aryl methyl sites for hydroxylation is 2. The maximum atomic E-state index is 12.5. The highest BCUT2D eigenvalue weighted by molar-refractivity contribution is 7.82. The zero-order chi connectivity index (χ0) is 17.9. The Morgan fingerprint density at radius 2 is 1.16 bits per heavy atom. The van der Waals surface area contributed by atoms with Crippen LogP contribution in [0.2, 0.25) is 0 Å². The van der Waals surface area contributed by atoms with E-state index in [1.54, 1.807) is 24.3 Å². The fraction of sp³-hybridized carbons (Fsp3) is 0.400. The second-order valence-corrected chi connectivity index (χ2v) is 7.74. The minimum absolute atomic E-state index is 0.369. The van der Waals surface area contributed by atoms with Crippen molar-refractivity contribution >= 4 is 10.4 Å². The highest BCUT2D eigenvalue weighted by Crippen LogP contribution is 2.30. The zero-order valence-electron chi connectivity index (χ0n) is 14.7. The summed E-state index contributed by atoms with van der Waals surface area (Å²) in [7, 11) is -4.18. The topological polar surface area (TPSA) is 52.6 Å². The van der Waals surface area contributed by atoms with E-state index in [0.29, 0.717) is 11.5 Å². The van der Waals surface area contributed by atoms with Crippen LogP contribution >= 0.6 is 0 Å². The van der Waals surface area contributed by atoms with Gasteiger partial charge in [-0.3, -0.25) is 0 Å². The normalized spacial score (nSPS) is 17.5. The van der Waals surface area contributed by atoms with Gasteiger partial charge in [0.1, 0.15) is 11.5 Å². The Morgan fingerprint density at radius 1 is 0.720 bits per heavy atom. The lowest BCUT2D eigenvalue weighted by Gasteiger charge is -2.15. The molecule has 2 aromatic rings. The molecule has 0 spiro atoms. The fourth-order valence-corrected chi connectivity index (χ4v) is 4.13. The number of benzene rings is 2. The number of rotatable bonds is 0. The van der Waals surface area contributed by atoms with Crippen LogP contribution in [-0.2, 0) is 23.2 Å². The molecule has 0 aromatic heterocycles. The number of fused-ring (bicyclic) bond motifs is 2. The molecule has 25 heavy (non-hydrogen) atoms. The third-order valence-corrected chi connectivity index (χ3v) is 5.49. The molecule has 1 aliphatic heterocycles. The molecule has 4 nitrogen and oxygen atoms in total. The van der Waals surface area contributed by atoms with Crippen molar-refractivity contribution in [3.8, 4) is 11.5 Å². The molecule has 0 saturated carbocycles. The van der Waals surface area contributed by atoms with Crippen molar-refractivity contribution in [2.24, 2.45) is 0 Å². The molecule has 0 fully saturated rings. The largest absolute Gasteiger partial charge is 0.501 e. The maximum Gasteiger partial charge on any atom is 0.501 e. The van der Waals surface area contributed by atoms with E-state index in [0.717, 1.165) is 60.8 Å². The van der Waals surface area contributed by atoms with Crippen LogP contribution in [0.3, 0.4) is 0 Å². The van der Waals surface area contributed by atoms with Crippen LogP contribution in [0.15, 0.2) is 36.4 Å². The van der Waals surface area contributed by atoms with Crippen molar-refractivity contribution in [2.45, 2.75) is 52.4 Å². The quantitative estimate of drug-likeness (QED) is 0.685. The SMILES string of the molecule is Cc1cccc2c1CCCCCCc1c(C)cccc1OS(=O)(=O)O2. The lowest BCUT2D eigenvalue weighted by molar-refractivity contribution is 0.389. The van der Waals surface area contributed by atoms with E-state index in [9.17, 15) is 8.42 Å². The fourth-order valence-electron chi connectivity index (χ4n) is 3.34. The smallest absolute Gasteiger partial charge is 0.353 e. The van der Waals surface area contributed by atoms with Crippen LogP contribution in [0.25, 0.3) is 0 Å². The Kier molecular flexibility index (Phi) is 5.33. The van der Waals surface area contributed by atoms with E-state index in [4.69, 9.17) is 8.37 Å². The predicted molar refractivity (Wildman–Crippen MR) is 98.4 cm³/mol. The first kappa shape index (κ1) is 17.8. The minimum Gasteiger partial charge on any atom is -0.353 e. The summed E-state index contributed by atoms with van der Waals surface area (Å²) in [5.74, 6) is 0.738. The molecule has 0 radical (unpaired) electrons. The molecule has 0 aliphatic carbocycles. The summed E-state index contributed by atoms with van der Waals surface area (Å²) in [6, 6.07) is 11.0. The van der Waals surface area contributed by atoms with Crippen LogP contribution in [-0.4, -0.2) is 8.42 Å². The standard InChI is InChI=1S/C20H24O4S/c1-15-9-7-13-19-17(15)11-5-3-4-6-12-18-16(2)10-8-14-20(18)24-25(21,22)23-19/h7-10,13-14H,3-6,11-12H2,1-2H3. The third-order valence-electron chi connectivity index (χ3n) is 4.72. The number of hydrogen-bond donors (Lipinski definition) is 0. The summed E-state index contributed by atoms with van der Waals surface area (Å²) in [6.45, 7) is 3.96. The Labute approximate surface area is 150 Å². The maximum absolute atomic E-state index is 12.5. The van der Waals surface area contributed by atoms with Crippen molar-refractivity contribution in [2.75, 3.05) is 0 Å². The molecule has 2 aromatic carbocycles. The summed E-state index contributed by atoms with van der Waals surface area (Å²) in [5, 5.41) is 0. The van der Waals surface area contributed by atoms with Gasteiger partial charge in [-0.15, -0.1) is 8.42 Å². The highest BCUT2D eigenvalue weighted by atomic mass is 32.3. The molecule has 0 atom stereocenters. The van der Waals surface area contributed by atoms with Gasteiger partial charge in [0, 0.05) is 0 Å². The van der Waals surface area contributed by atoms with Gasteiger partial charge < -0.3 is 8.37 Å². The second kappa shape index (κ2) is 7.48. The minimum atomic E-state index is -4.18. The van der Waals surface area contributed by atoms with Crippen LogP contribution < -0.4 is 8.37 Å². The number of hydrogen-bond acceptors (Lipinski definition) is 4. The predicted octanol–water partition coefficient (Wildman–Crippen LogP) is 4.67. The molecule has 0 amide bonds. The van der Waals surface area contributed by atoms with Crippen molar-refractivity contribution in [1.29, 1.82) is 0 Å². The average Bonchev–Trinajstić information content (AvgIpc) is 2.54. The van der Waals surface area contributed by atoms with Crippen molar-refractivity contribution in [1.82, 2.24) is 0 Å². The monoisotopic (exact) mass is 360 g/mol. The lowest BCUT2D eigenvalue weighted by Crippen LogP contribution is -2.18. The Balaban J connectivity index is 2.00. The van der Waals surface area contributed by atoms with Gasteiger partial charge in [-0.05, 0) is 73.9 Å². The van der Waals surface area contributed by atoms with E-state index >= 15 is 0 Å². The molecule has 0 bridgehead atoms. The summed E-state index contributed by atoms with van der Waals surface area (Å²) in [4.78, 5) is 0. The summed E-state index contributed by atoms with van der Waals surface area (Å²) < 4.78 is 35.6. The van der Waals surface area contributed by atoms with Gasteiger partial charge in [0.05, 0.1) is 0 Å². The Bertz CT molecular complexity index is 790. The van der Waals surface area contributed by atoms with Crippen molar-refractivity contribution in [3.63, 3.8) is 0 Å². The molecule has 1 aliphatic rings. The van der Waals surface area contributed by atoms with Gasteiger partial charge in [-0.2, -0.15) is 0 Å². The molecular weight excluding hydrogens is 336 g/mol. The first-order valence-corrected chi connectivity index (χ1v) is 10.1. The van der Waals surface area contributed by atoms with E-state index in [1.165, 1.54) is 0 Å². The van der Waals surface area contributed by atoms with Crippen LogP contribution in [0.4, 0.5) is 0 Å². The summed E-state index contributed by atoms with van der Waals surface area (Å²) in [6.07, 6.45) is 5.88. The molecular formula is C20H24O4S. The van der Waals surface area contributed by atoms with Crippen LogP contribution in [0.5, 0.6) is 11.5 Å². The van der Waals surface area contributed by atoms with Crippen molar-refractivity contribution < 1.29 is 16.8 Å². The molecule has 3 rings (SSSR count). The van der Waals surface area contributed by atoms with E-state index in [1.807, 2.05) is 26.0 Å². The first-order chi connectivity index (χ1) is 12.0. The summed E-state index contributed by atoms with van der Waals surface area (Å²) in [5.41, 5.74) is 3.97. The first-order valence-electron chi connectivity index (χ1n) is 8.77. The van der Waals surface area contributed by atoms with E-state index in [-0.39, 0.29) is 0 Å². The third kappa shape index (κ3) is 4.34. The molecule has 0 N–H and O–H groups in total. The zero-order valence-corrected chi connectivity index (χ0v) is 15.6. The highest BCUT2D eigenvalue weighted by Gasteiger charge is 2.21. The molecule has 5 heteroatoms. The van der Waals surface area contributed by atoms with E-state index in [2.05, 4.69) is 0 Å². The van der Waals surface area contributed by atoms with Gasteiger partial charge >= 0.3 is 10.4 Å². The average molecular weight is 360 g/mol. The van der Waals surface area contributed by atoms with Gasteiger partial charge in [0.15, 0.2) is 0 Å². The van der Waals surface area contributed by atoms with Crippen molar-refractivity contribution in [3.05, 3.63) is 58.7 Å².